The fourth-order valence-corrected chi connectivity index (χ4v) is 5.01. The number of esters is 2. The summed E-state index contributed by atoms with van der Waals surface area (Å²) in [5, 5.41) is 2.71. The molecule has 32 heavy (non-hydrogen) atoms. The Bertz CT molecular complexity index is 1070. The highest BCUT2D eigenvalue weighted by molar-refractivity contribution is 7.89. The molecular weight excluding hydrogens is 436 g/mol. The maximum absolute atomic E-state index is 12.8. The molecule has 9 nitrogen and oxygen atoms in total. The van der Waals surface area contributed by atoms with E-state index < -0.39 is 27.9 Å². The average Bonchev–Trinajstić information content (AvgIpc) is 2.83. The molecule has 0 saturated carbocycles. The third-order valence-electron chi connectivity index (χ3n) is 5.25. The van der Waals surface area contributed by atoms with Crippen LogP contribution in [0.2, 0.25) is 0 Å². The lowest BCUT2D eigenvalue weighted by molar-refractivity contribution is -0.120. The minimum absolute atomic E-state index is 0.0921. The molecule has 1 N–H and O–H groups in total. The van der Waals surface area contributed by atoms with Crippen LogP contribution < -0.4 is 5.32 Å². The van der Waals surface area contributed by atoms with Gasteiger partial charge in [0, 0.05) is 24.7 Å². The van der Waals surface area contributed by atoms with E-state index in [9.17, 15) is 22.8 Å². The Morgan fingerprint density at radius 1 is 0.906 bits per heavy atom. The van der Waals surface area contributed by atoms with Gasteiger partial charge in [0.2, 0.25) is 15.9 Å². The van der Waals surface area contributed by atoms with E-state index in [1.54, 1.807) is 30.3 Å². The lowest BCUT2D eigenvalue weighted by Crippen LogP contribution is -2.41. The minimum Gasteiger partial charge on any atom is -0.465 e. The van der Waals surface area contributed by atoms with Crippen LogP contribution in [0.25, 0.3) is 0 Å². The molecular formula is C22H24N2O7S. The van der Waals surface area contributed by atoms with Gasteiger partial charge in [0.05, 0.1) is 30.2 Å². The molecule has 1 saturated heterocycles. The van der Waals surface area contributed by atoms with E-state index >= 15 is 0 Å². The summed E-state index contributed by atoms with van der Waals surface area (Å²) in [4.78, 5) is 36.8. The van der Waals surface area contributed by atoms with Gasteiger partial charge < -0.3 is 14.8 Å². The maximum Gasteiger partial charge on any atom is 0.337 e. The molecule has 0 spiro atoms. The molecule has 1 amide bonds. The number of piperidine rings is 1. The SMILES string of the molecule is COC(=O)c1cc(NC(=O)C2CCN(S(=O)(=O)c3ccccc3)CC2)cc(C(=O)OC)c1. The van der Waals surface area contributed by atoms with Crippen molar-refractivity contribution in [3.05, 3.63) is 59.7 Å². The highest BCUT2D eigenvalue weighted by Gasteiger charge is 2.32. The Balaban J connectivity index is 1.70. The average molecular weight is 461 g/mol. The minimum atomic E-state index is -3.61. The second kappa shape index (κ2) is 9.92. The van der Waals surface area contributed by atoms with Gasteiger partial charge in [-0.1, -0.05) is 18.2 Å². The zero-order valence-electron chi connectivity index (χ0n) is 17.7. The van der Waals surface area contributed by atoms with Crippen LogP contribution in [-0.2, 0) is 24.3 Å². The maximum atomic E-state index is 12.8. The number of nitrogens with one attached hydrogen (secondary N) is 1. The first kappa shape index (κ1) is 23.4. The van der Waals surface area contributed by atoms with Gasteiger partial charge in [-0.2, -0.15) is 4.31 Å². The Hall–Kier alpha value is -3.24. The van der Waals surface area contributed by atoms with Gasteiger partial charge in [-0.25, -0.2) is 18.0 Å². The van der Waals surface area contributed by atoms with Crippen molar-refractivity contribution in [2.75, 3.05) is 32.6 Å². The van der Waals surface area contributed by atoms with Crippen LogP contribution in [0, 0.1) is 5.92 Å². The molecule has 0 bridgehead atoms. The van der Waals surface area contributed by atoms with Crippen LogP contribution in [0.3, 0.4) is 0 Å². The van der Waals surface area contributed by atoms with Crippen molar-refractivity contribution in [1.82, 2.24) is 4.31 Å². The van der Waals surface area contributed by atoms with E-state index in [0.717, 1.165) is 0 Å². The van der Waals surface area contributed by atoms with E-state index in [1.165, 1.54) is 36.7 Å². The van der Waals surface area contributed by atoms with Gasteiger partial charge in [-0.15, -0.1) is 0 Å². The summed E-state index contributed by atoms with van der Waals surface area (Å²) in [5.41, 5.74) is 0.432. The smallest absolute Gasteiger partial charge is 0.337 e. The number of carbonyl (C=O) groups is 3. The molecule has 0 unspecified atom stereocenters. The lowest BCUT2D eigenvalue weighted by Gasteiger charge is -2.30. The molecule has 0 atom stereocenters. The number of sulfonamides is 1. The number of methoxy groups -OCH3 is 2. The Morgan fingerprint density at radius 2 is 1.44 bits per heavy atom. The number of carbonyl (C=O) groups excluding carboxylic acids is 3. The second-order valence-electron chi connectivity index (χ2n) is 7.26. The number of hydrogen-bond donors (Lipinski definition) is 1. The van der Waals surface area contributed by atoms with Gasteiger partial charge >= 0.3 is 11.9 Å². The Labute approximate surface area is 186 Å². The van der Waals surface area contributed by atoms with Crippen molar-refractivity contribution in [2.45, 2.75) is 17.7 Å². The Morgan fingerprint density at radius 3 is 1.94 bits per heavy atom. The predicted molar refractivity (Wildman–Crippen MR) is 116 cm³/mol. The van der Waals surface area contributed by atoms with Gasteiger partial charge in [-0.05, 0) is 43.2 Å². The number of amides is 1. The van der Waals surface area contributed by atoms with Crippen LogP contribution in [-0.4, -0.2) is 57.9 Å². The molecule has 1 heterocycles. The third kappa shape index (κ3) is 5.14. The van der Waals surface area contributed by atoms with Gasteiger partial charge in [0.15, 0.2) is 0 Å². The van der Waals surface area contributed by atoms with Gasteiger partial charge in [0.25, 0.3) is 0 Å². The standard InChI is InChI=1S/C22H24N2O7S/c1-30-21(26)16-12-17(22(27)31-2)14-18(13-16)23-20(25)15-8-10-24(11-9-15)32(28,29)19-6-4-3-5-7-19/h3-7,12-15H,8-11H2,1-2H3,(H,23,25). The Kier molecular flexibility index (Phi) is 7.26. The molecule has 0 aliphatic carbocycles. The predicted octanol–water partition coefficient (Wildman–Crippen LogP) is 2.30. The molecule has 3 rings (SSSR count). The van der Waals surface area contributed by atoms with E-state index in [4.69, 9.17) is 9.47 Å². The highest BCUT2D eigenvalue weighted by atomic mass is 32.2. The number of nitrogens with zero attached hydrogens (tertiary/aromatic N) is 1. The quantitative estimate of drug-likeness (QED) is 0.657. The summed E-state index contributed by atoms with van der Waals surface area (Å²) < 4.78 is 36.3. The van der Waals surface area contributed by atoms with Gasteiger partial charge in [-0.3, -0.25) is 4.79 Å². The molecule has 1 aliphatic rings. The van der Waals surface area contributed by atoms with E-state index in [0.29, 0.717) is 12.8 Å². The molecule has 1 fully saturated rings. The molecule has 0 aromatic heterocycles. The van der Waals surface area contributed by atoms with Crippen LogP contribution in [0.15, 0.2) is 53.4 Å². The molecule has 0 radical (unpaired) electrons. The fraction of sp³-hybridized carbons (Fsp3) is 0.318. The first-order chi connectivity index (χ1) is 15.3. The zero-order chi connectivity index (χ0) is 23.3. The second-order valence-corrected chi connectivity index (χ2v) is 9.20. The number of benzene rings is 2. The third-order valence-corrected chi connectivity index (χ3v) is 7.16. The molecule has 2 aromatic carbocycles. The van der Waals surface area contributed by atoms with Crippen LogP contribution in [0.1, 0.15) is 33.6 Å². The van der Waals surface area contributed by atoms with Gasteiger partial charge in [0.1, 0.15) is 0 Å². The van der Waals surface area contributed by atoms with Crippen LogP contribution >= 0.6 is 0 Å². The summed E-state index contributed by atoms with van der Waals surface area (Å²) in [6, 6.07) is 12.3. The summed E-state index contributed by atoms with van der Waals surface area (Å²) in [7, 11) is -1.19. The first-order valence-electron chi connectivity index (χ1n) is 9.94. The highest BCUT2D eigenvalue weighted by Crippen LogP contribution is 2.25. The number of anilines is 1. The topological polar surface area (TPSA) is 119 Å². The number of hydrogen-bond acceptors (Lipinski definition) is 7. The monoisotopic (exact) mass is 460 g/mol. The van der Waals surface area contributed by atoms with E-state index in [-0.39, 0.29) is 40.7 Å². The van der Waals surface area contributed by atoms with Crippen molar-refractivity contribution in [3.8, 4) is 0 Å². The summed E-state index contributed by atoms with van der Waals surface area (Å²) in [6.07, 6.45) is 0.691. The molecule has 1 aliphatic heterocycles. The van der Waals surface area contributed by atoms with E-state index in [1.807, 2.05) is 0 Å². The van der Waals surface area contributed by atoms with Crippen molar-refractivity contribution < 1.29 is 32.3 Å². The summed E-state index contributed by atoms with van der Waals surface area (Å²) in [5.74, 6) is -2.06. The largest absolute Gasteiger partial charge is 0.465 e. The van der Waals surface area contributed by atoms with E-state index in [2.05, 4.69) is 5.32 Å². The summed E-state index contributed by atoms with van der Waals surface area (Å²) in [6.45, 7) is 0.426. The normalized spacial score (nSPS) is 15.1. The molecule has 10 heteroatoms. The van der Waals surface area contributed by atoms with Crippen molar-refractivity contribution >= 4 is 33.6 Å². The summed E-state index contributed by atoms with van der Waals surface area (Å²) >= 11 is 0. The molecule has 170 valence electrons. The number of rotatable bonds is 6. The van der Waals surface area contributed by atoms with Crippen LogP contribution in [0.4, 0.5) is 5.69 Å². The number of ether oxygens (including phenoxy) is 2. The lowest BCUT2D eigenvalue weighted by atomic mass is 9.97. The molecule has 2 aromatic rings. The zero-order valence-corrected chi connectivity index (χ0v) is 18.6. The van der Waals surface area contributed by atoms with Crippen molar-refractivity contribution in [1.29, 1.82) is 0 Å². The van der Waals surface area contributed by atoms with Crippen molar-refractivity contribution in [3.63, 3.8) is 0 Å². The fourth-order valence-electron chi connectivity index (χ4n) is 3.52. The first-order valence-corrected chi connectivity index (χ1v) is 11.4. The van der Waals surface area contributed by atoms with Crippen molar-refractivity contribution in [2.24, 2.45) is 5.92 Å². The van der Waals surface area contributed by atoms with Crippen LogP contribution in [0.5, 0.6) is 0 Å².